The van der Waals surface area contributed by atoms with E-state index in [4.69, 9.17) is 16.3 Å². The first-order valence-corrected chi connectivity index (χ1v) is 8.03. The monoisotopic (exact) mass is 376 g/mol. The second kappa shape index (κ2) is 6.28. The molecule has 20 heavy (non-hydrogen) atoms. The van der Waals surface area contributed by atoms with Crippen LogP contribution in [0.1, 0.15) is 11.1 Å². The number of methoxy groups -OCH3 is 1. The lowest BCUT2D eigenvalue weighted by Crippen LogP contribution is -2.14. The fourth-order valence-corrected chi connectivity index (χ4v) is 3.75. The van der Waals surface area contributed by atoms with Crippen molar-refractivity contribution in [1.29, 1.82) is 0 Å². The summed E-state index contributed by atoms with van der Waals surface area (Å²) in [6.45, 7) is 3.77. The number of anilines is 1. The Kier molecular flexibility index (Phi) is 4.88. The highest BCUT2D eigenvalue weighted by Gasteiger charge is 2.22. The van der Waals surface area contributed by atoms with Gasteiger partial charge in [-0.25, -0.2) is 0 Å². The van der Waals surface area contributed by atoms with E-state index in [0.29, 0.717) is 15.7 Å². The van der Waals surface area contributed by atoms with Crippen molar-refractivity contribution in [3.63, 3.8) is 0 Å². The molecule has 1 heterocycles. The number of amides is 1. The van der Waals surface area contributed by atoms with Gasteiger partial charge in [0.05, 0.1) is 22.7 Å². The first-order chi connectivity index (χ1) is 9.43. The average molecular weight is 378 g/mol. The predicted molar refractivity (Wildman–Crippen MR) is 87.6 cm³/mol. The van der Waals surface area contributed by atoms with Gasteiger partial charge in [-0.1, -0.05) is 39.3 Å². The maximum absolute atomic E-state index is 12.2. The molecule has 0 saturated heterocycles. The van der Waals surface area contributed by atoms with Gasteiger partial charge in [-0.3, -0.25) is 4.79 Å². The second-order valence-corrected chi connectivity index (χ2v) is 7.35. The molecule has 1 aromatic rings. The molecule has 0 aliphatic carbocycles. The van der Waals surface area contributed by atoms with Crippen molar-refractivity contribution in [2.24, 2.45) is 0 Å². The van der Waals surface area contributed by atoms with Gasteiger partial charge in [0.15, 0.2) is 0 Å². The Morgan fingerprint density at radius 1 is 1.55 bits per heavy atom. The zero-order valence-corrected chi connectivity index (χ0v) is 14.4. The van der Waals surface area contributed by atoms with E-state index >= 15 is 0 Å². The number of alkyl halides is 1. The molecule has 0 radical (unpaired) electrons. The molecule has 2 N–H and O–H groups in total. The molecule has 1 unspecified atom stereocenters. The minimum atomic E-state index is -0.153. The quantitative estimate of drug-likeness (QED) is 0.622. The van der Waals surface area contributed by atoms with Gasteiger partial charge in [-0.15, -0.1) is 0 Å². The maximum Gasteiger partial charge on any atom is 0.263 e. The zero-order valence-electron chi connectivity index (χ0n) is 11.2. The van der Waals surface area contributed by atoms with E-state index in [1.165, 1.54) is 11.8 Å². The highest BCUT2D eigenvalue weighted by molar-refractivity contribution is 9.11. The third-order valence-corrected chi connectivity index (χ3v) is 4.92. The first-order valence-electron chi connectivity index (χ1n) is 5.86. The number of halogens is 2. The Balaban J connectivity index is 2.28. The van der Waals surface area contributed by atoms with E-state index in [2.05, 4.69) is 26.6 Å². The first kappa shape index (κ1) is 15.5. The van der Waals surface area contributed by atoms with E-state index in [9.17, 15) is 4.79 Å². The molecular weight excluding hydrogens is 364 g/mol. The van der Waals surface area contributed by atoms with Crippen LogP contribution < -0.4 is 15.4 Å². The summed E-state index contributed by atoms with van der Waals surface area (Å²) in [5.41, 5.74) is 2.45. The summed E-state index contributed by atoms with van der Waals surface area (Å²) in [6, 6.07) is 1.78. The van der Waals surface area contributed by atoms with E-state index in [1.54, 1.807) is 19.4 Å². The summed E-state index contributed by atoms with van der Waals surface area (Å²) >= 11 is 10.9. The highest BCUT2D eigenvalue weighted by Crippen LogP contribution is 2.37. The van der Waals surface area contributed by atoms with Gasteiger partial charge in [0.25, 0.3) is 5.91 Å². The number of ether oxygens (including phenoxy) is 1. The standard InChI is InChI=1S/C13H14BrClN2O2S/c1-6-4-8(15)11(19-3)7(2)10(6)17-12(18)9-5-16-13(14)20-9/h4-5,13,16H,1-3H3,(H,17,18). The van der Waals surface area contributed by atoms with Crippen molar-refractivity contribution in [3.8, 4) is 5.75 Å². The lowest BCUT2D eigenvalue weighted by atomic mass is 10.1. The van der Waals surface area contributed by atoms with Gasteiger partial charge in [-0.05, 0) is 25.5 Å². The van der Waals surface area contributed by atoms with Crippen molar-refractivity contribution >= 4 is 50.9 Å². The van der Waals surface area contributed by atoms with Crippen LogP contribution in [-0.2, 0) is 4.79 Å². The summed E-state index contributed by atoms with van der Waals surface area (Å²) in [6.07, 6.45) is 1.69. The van der Waals surface area contributed by atoms with Crippen molar-refractivity contribution in [2.75, 3.05) is 12.4 Å². The van der Waals surface area contributed by atoms with Crippen LogP contribution in [0.2, 0.25) is 5.02 Å². The normalized spacial score (nSPS) is 17.4. The van der Waals surface area contributed by atoms with Crippen LogP contribution in [0.25, 0.3) is 0 Å². The molecular formula is C13H14BrClN2O2S. The smallest absolute Gasteiger partial charge is 0.263 e. The Morgan fingerprint density at radius 3 is 2.80 bits per heavy atom. The SMILES string of the molecule is COc1c(Cl)cc(C)c(NC(=O)C2=CNC(Br)S2)c1C. The molecule has 1 atom stereocenters. The fourth-order valence-electron chi connectivity index (χ4n) is 1.97. The summed E-state index contributed by atoms with van der Waals surface area (Å²) in [7, 11) is 1.56. The van der Waals surface area contributed by atoms with Crippen LogP contribution >= 0.6 is 39.3 Å². The lowest BCUT2D eigenvalue weighted by Gasteiger charge is -2.16. The topological polar surface area (TPSA) is 50.4 Å². The number of aryl methyl sites for hydroxylation is 1. The van der Waals surface area contributed by atoms with Crippen molar-refractivity contribution < 1.29 is 9.53 Å². The van der Waals surface area contributed by atoms with Crippen LogP contribution in [0, 0.1) is 13.8 Å². The molecule has 0 saturated carbocycles. The Morgan fingerprint density at radius 2 is 2.25 bits per heavy atom. The number of nitrogens with one attached hydrogen (secondary N) is 2. The molecule has 0 spiro atoms. The number of benzene rings is 1. The highest BCUT2D eigenvalue weighted by atomic mass is 79.9. The molecule has 1 aromatic carbocycles. The molecule has 0 aromatic heterocycles. The average Bonchev–Trinajstić information content (AvgIpc) is 2.81. The van der Waals surface area contributed by atoms with E-state index < -0.39 is 0 Å². The van der Waals surface area contributed by atoms with Crippen LogP contribution in [0.3, 0.4) is 0 Å². The molecule has 7 heteroatoms. The third kappa shape index (κ3) is 3.07. The van der Waals surface area contributed by atoms with Gasteiger partial charge in [-0.2, -0.15) is 0 Å². The largest absolute Gasteiger partial charge is 0.495 e. The molecule has 1 amide bonds. The number of carbonyl (C=O) groups excluding carboxylic acids is 1. The van der Waals surface area contributed by atoms with Crippen molar-refractivity contribution in [1.82, 2.24) is 5.32 Å². The van der Waals surface area contributed by atoms with Gasteiger partial charge in [0.2, 0.25) is 0 Å². The van der Waals surface area contributed by atoms with E-state index in [1.807, 2.05) is 13.8 Å². The number of hydrogen-bond acceptors (Lipinski definition) is 4. The molecule has 1 aliphatic heterocycles. The van der Waals surface area contributed by atoms with Crippen LogP contribution in [0.5, 0.6) is 5.75 Å². The van der Waals surface area contributed by atoms with Gasteiger partial charge >= 0.3 is 0 Å². The summed E-state index contributed by atoms with van der Waals surface area (Å²) < 4.78 is 5.31. The van der Waals surface area contributed by atoms with Crippen LogP contribution in [0.4, 0.5) is 5.69 Å². The Labute approximate surface area is 135 Å². The molecule has 0 bridgehead atoms. The van der Waals surface area contributed by atoms with Crippen LogP contribution in [0.15, 0.2) is 17.2 Å². The third-order valence-electron chi connectivity index (χ3n) is 2.91. The number of rotatable bonds is 3. The number of thioether (sulfide) groups is 1. The summed E-state index contributed by atoms with van der Waals surface area (Å²) in [5, 5.41) is 6.46. The Bertz CT molecular complexity index is 592. The number of carbonyl (C=O) groups is 1. The molecule has 4 nitrogen and oxygen atoms in total. The number of hydrogen-bond donors (Lipinski definition) is 2. The predicted octanol–water partition coefficient (Wildman–Crippen LogP) is 3.76. The maximum atomic E-state index is 12.2. The molecule has 1 aliphatic rings. The van der Waals surface area contributed by atoms with Gasteiger partial charge < -0.3 is 15.4 Å². The minimum absolute atomic E-state index is 0.0326. The van der Waals surface area contributed by atoms with E-state index in [0.717, 1.165) is 16.8 Å². The summed E-state index contributed by atoms with van der Waals surface area (Å²) in [4.78, 5) is 12.8. The van der Waals surface area contributed by atoms with E-state index in [-0.39, 0.29) is 10.2 Å². The van der Waals surface area contributed by atoms with Crippen molar-refractivity contribution in [3.05, 3.63) is 33.3 Å². The van der Waals surface area contributed by atoms with Gasteiger partial charge in [0.1, 0.15) is 10.0 Å². The fraction of sp³-hybridized carbons (Fsp3) is 0.308. The summed E-state index contributed by atoms with van der Waals surface area (Å²) in [5.74, 6) is 0.428. The van der Waals surface area contributed by atoms with Crippen LogP contribution in [-0.4, -0.2) is 17.3 Å². The Hall–Kier alpha value is -0.850. The molecule has 2 rings (SSSR count). The molecule has 0 fully saturated rings. The van der Waals surface area contributed by atoms with Gasteiger partial charge in [0, 0.05) is 11.8 Å². The minimum Gasteiger partial charge on any atom is -0.495 e. The molecule has 108 valence electrons. The lowest BCUT2D eigenvalue weighted by molar-refractivity contribution is -0.112. The van der Waals surface area contributed by atoms with Crippen molar-refractivity contribution in [2.45, 2.75) is 18.1 Å². The zero-order chi connectivity index (χ0) is 14.9. The second-order valence-electron chi connectivity index (χ2n) is 4.27.